The van der Waals surface area contributed by atoms with E-state index in [0.717, 1.165) is 11.3 Å². The summed E-state index contributed by atoms with van der Waals surface area (Å²) in [4.78, 5) is 45.8. The Kier molecular flexibility index (Phi) is 7.36. The number of carbonyl (C=O) groups excluding carboxylic acids is 3. The van der Waals surface area contributed by atoms with Crippen molar-refractivity contribution in [1.82, 2.24) is 14.7 Å². The van der Waals surface area contributed by atoms with Crippen molar-refractivity contribution >= 4 is 35.0 Å². The molecule has 0 aromatic heterocycles. The summed E-state index contributed by atoms with van der Waals surface area (Å²) in [5.74, 6) is -1.77. The molecule has 0 aliphatic carbocycles. The molecule has 3 amide bonds. The first-order chi connectivity index (χ1) is 16.4. The zero-order valence-corrected chi connectivity index (χ0v) is 19.9. The van der Waals surface area contributed by atoms with Gasteiger partial charge in [0, 0.05) is 56.5 Å². The van der Waals surface area contributed by atoms with Gasteiger partial charge in [0.25, 0.3) is 0 Å². The Morgan fingerprint density at radius 3 is 2.32 bits per heavy atom. The number of nitrogens with zero attached hydrogens (tertiary/aromatic N) is 4. The van der Waals surface area contributed by atoms with E-state index in [2.05, 4.69) is 4.90 Å². The Balaban J connectivity index is 1.36. The molecule has 34 heavy (non-hydrogen) atoms. The van der Waals surface area contributed by atoms with Crippen LogP contribution in [-0.4, -0.2) is 77.7 Å². The molecule has 0 N–H and O–H groups in total. The summed E-state index contributed by atoms with van der Waals surface area (Å²) in [6, 6.07) is 12.8. The predicted molar refractivity (Wildman–Crippen MR) is 128 cm³/mol. The summed E-state index contributed by atoms with van der Waals surface area (Å²) in [6.45, 7) is 5.11. The average molecular weight is 487 g/mol. The molecule has 2 heterocycles. The minimum Gasteiger partial charge on any atom is -0.368 e. The van der Waals surface area contributed by atoms with Crippen LogP contribution < -0.4 is 4.90 Å². The first-order valence-electron chi connectivity index (χ1n) is 11.5. The number of rotatable bonds is 6. The molecule has 9 heteroatoms. The fraction of sp³-hybridized carbons (Fsp3) is 0.400. The van der Waals surface area contributed by atoms with Crippen LogP contribution in [-0.2, 0) is 20.9 Å². The second kappa shape index (κ2) is 10.4. The lowest BCUT2D eigenvalue weighted by Gasteiger charge is -2.41. The summed E-state index contributed by atoms with van der Waals surface area (Å²) >= 11 is 6.10. The Labute approximate surface area is 203 Å². The van der Waals surface area contributed by atoms with Gasteiger partial charge in [-0.1, -0.05) is 36.7 Å². The third kappa shape index (κ3) is 5.17. The summed E-state index contributed by atoms with van der Waals surface area (Å²) in [6.07, 6.45) is 0.435. The number of hydrogen-bond acceptors (Lipinski definition) is 4. The van der Waals surface area contributed by atoms with Crippen LogP contribution in [0.15, 0.2) is 48.5 Å². The maximum atomic E-state index is 13.3. The predicted octanol–water partition coefficient (Wildman–Crippen LogP) is 2.78. The molecule has 180 valence electrons. The molecule has 0 saturated carbocycles. The fourth-order valence-corrected chi connectivity index (χ4v) is 4.73. The fourth-order valence-electron chi connectivity index (χ4n) is 4.55. The first-order valence-corrected chi connectivity index (χ1v) is 11.9. The summed E-state index contributed by atoms with van der Waals surface area (Å²) in [5, 5.41) is 0.670. The molecule has 2 saturated heterocycles. The van der Waals surface area contributed by atoms with E-state index in [0.29, 0.717) is 50.7 Å². The maximum absolute atomic E-state index is 13.3. The quantitative estimate of drug-likeness (QED) is 0.589. The van der Waals surface area contributed by atoms with Crippen LogP contribution in [0.3, 0.4) is 0 Å². The summed E-state index contributed by atoms with van der Waals surface area (Å²) in [5.41, 5.74) is 1.77. The zero-order valence-electron chi connectivity index (χ0n) is 19.1. The van der Waals surface area contributed by atoms with E-state index in [9.17, 15) is 18.8 Å². The van der Waals surface area contributed by atoms with Crippen molar-refractivity contribution in [1.29, 1.82) is 0 Å². The lowest BCUT2D eigenvalue weighted by Crippen LogP contribution is -2.61. The van der Waals surface area contributed by atoms with Crippen LogP contribution in [0.25, 0.3) is 0 Å². The van der Waals surface area contributed by atoms with E-state index in [1.165, 1.54) is 21.9 Å². The third-order valence-corrected chi connectivity index (χ3v) is 6.68. The van der Waals surface area contributed by atoms with Crippen LogP contribution in [0.2, 0.25) is 5.02 Å². The Bertz CT molecular complexity index is 1060. The summed E-state index contributed by atoms with van der Waals surface area (Å²) in [7, 11) is 0. The highest BCUT2D eigenvalue weighted by molar-refractivity contribution is 6.35. The van der Waals surface area contributed by atoms with Crippen LogP contribution >= 0.6 is 11.6 Å². The van der Waals surface area contributed by atoms with Gasteiger partial charge in [-0.05, 0) is 42.3 Å². The molecule has 4 rings (SSSR count). The van der Waals surface area contributed by atoms with Crippen LogP contribution in [0.5, 0.6) is 0 Å². The van der Waals surface area contributed by atoms with Gasteiger partial charge in [0.2, 0.25) is 5.91 Å². The van der Waals surface area contributed by atoms with Gasteiger partial charge in [0.15, 0.2) is 0 Å². The Morgan fingerprint density at radius 2 is 1.68 bits per heavy atom. The molecule has 2 fully saturated rings. The zero-order chi connectivity index (χ0) is 24.2. The highest BCUT2D eigenvalue weighted by atomic mass is 35.5. The molecule has 0 unspecified atom stereocenters. The molecule has 7 nitrogen and oxygen atoms in total. The topological polar surface area (TPSA) is 64.2 Å². The van der Waals surface area contributed by atoms with Gasteiger partial charge in [-0.3, -0.25) is 14.4 Å². The Morgan fingerprint density at radius 1 is 0.971 bits per heavy atom. The molecular formula is C25H28ClFN4O3. The van der Waals surface area contributed by atoms with Crippen molar-refractivity contribution in [3.8, 4) is 0 Å². The van der Waals surface area contributed by atoms with Crippen molar-refractivity contribution in [2.45, 2.75) is 25.9 Å². The normalized spacial score (nSPS) is 17.9. The lowest BCUT2D eigenvalue weighted by atomic mass is 10.1. The van der Waals surface area contributed by atoms with E-state index in [1.54, 1.807) is 17.0 Å². The molecule has 2 aliphatic rings. The minimum atomic E-state index is -0.665. The largest absolute Gasteiger partial charge is 0.368 e. The Hall–Kier alpha value is -3.13. The van der Waals surface area contributed by atoms with E-state index >= 15 is 0 Å². The average Bonchev–Trinajstić information content (AvgIpc) is 2.85. The van der Waals surface area contributed by atoms with Crippen molar-refractivity contribution in [2.24, 2.45) is 0 Å². The smallest absolute Gasteiger partial charge is 0.312 e. The lowest BCUT2D eigenvalue weighted by molar-refractivity contribution is -0.161. The van der Waals surface area contributed by atoms with E-state index < -0.39 is 17.9 Å². The molecule has 2 aromatic rings. The molecule has 1 atom stereocenters. The molecule has 0 spiro atoms. The third-order valence-electron chi connectivity index (χ3n) is 6.44. The summed E-state index contributed by atoms with van der Waals surface area (Å²) < 4.78 is 13.2. The van der Waals surface area contributed by atoms with E-state index in [-0.39, 0.29) is 18.3 Å². The van der Waals surface area contributed by atoms with Crippen molar-refractivity contribution < 1.29 is 18.8 Å². The number of benzene rings is 2. The van der Waals surface area contributed by atoms with Gasteiger partial charge in [0.05, 0.1) is 0 Å². The van der Waals surface area contributed by atoms with Crippen molar-refractivity contribution in [3.63, 3.8) is 0 Å². The van der Waals surface area contributed by atoms with E-state index in [4.69, 9.17) is 11.6 Å². The van der Waals surface area contributed by atoms with Gasteiger partial charge in [-0.25, -0.2) is 4.39 Å². The molecule has 2 aromatic carbocycles. The minimum absolute atomic E-state index is 0.124. The highest BCUT2D eigenvalue weighted by Crippen LogP contribution is 2.22. The molecule has 2 aliphatic heterocycles. The standard InChI is InChI=1S/C25H28ClFN4O3/c1-2-22(23(32)29-12-10-28(11-13-29)21-5-3-4-19(26)16-21)31-15-14-30(24(33)25(31)34)17-18-6-8-20(27)9-7-18/h3-9,16,22H,2,10-15,17H2,1H3/t22-/m0/s1. The molecule has 0 radical (unpaired) electrons. The number of hydrogen-bond donors (Lipinski definition) is 0. The van der Waals surface area contributed by atoms with Gasteiger partial charge < -0.3 is 19.6 Å². The first kappa shape index (κ1) is 24.0. The van der Waals surface area contributed by atoms with Crippen molar-refractivity contribution in [2.75, 3.05) is 44.2 Å². The van der Waals surface area contributed by atoms with Gasteiger partial charge in [-0.15, -0.1) is 0 Å². The SMILES string of the molecule is CC[C@@H](C(=O)N1CCN(c2cccc(Cl)c2)CC1)N1CCN(Cc2ccc(F)cc2)C(=O)C1=O. The van der Waals surface area contributed by atoms with E-state index in [1.807, 2.05) is 31.2 Å². The monoisotopic (exact) mass is 486 g/mol. The number of halogens is 2. The molecule has 0 bridgehead atoms. The van der Waals surface area contributed by atoms with Crippen LogP contribution in [0, 0.1) is 5.82 Å². The number of anilines is 1. The number of carbonyl (C=O) groups is 3. The van der Waals surface area contributed by atoms with Gasteiger partial charge in [-0.2, -0.15) is 0 Å². The molecular weight excluding hydrogens is 459 g/mol. The van der Waals surface area contributed by atoms with Crippen LogP contribution in [0.4, 0.5) is 10.1 Å². The second-order valence-electron chi connectivity index (χ2n) is 8.57. The van der Waals surface area contributed by atoms with Crippen molar-refractivity contribution in [3.05, 3.63) is 64.9 Å². The maximum Gasteiger partial charge on any atom is 0.312 e. The number of amides is 3. The van der Waals surface area contributed by atoms with Crippen LogP contribution in [0.1, 0.15) is 18.9 Å². The number of piperazine rings is 2. The van der Waals surface area contributed by atoms with Gasteiger partial charge >= 0.3 is 11.8 Å². The van der Waals surface area contributed by atoms with Gasteiger partial charge in [0.1, 0.15) is 11.9 Å². The highest BCUT2D eigenvalue weighted by Gasteiger charge is 2.40. The second-order valence-corrected chi connectivity index (χ2v) is 9.00.